The SMILES string of the molecule is CC1(c2cc(I)c(O)c(C3=NCCCN3)c2)CCCC1. The monoisotopic (exact) mass is 384 g/mol. The maximum Gasteiger partial charge on any atom is 0.139 e. The summed E-state index contributed by atoms with van der Waals surface area (Å²) < 4.78 is 0.929. The van der Waals surface area contributed by atoms with Gasteiger partial charge in [-0.2, -0.15) is 0 Å². The smallest absolute Gasteiger partial charge is 0.139 e. The number of aromatic hydroxyl groups is 1. The summed E-state index contributed by atoms with van der Waals surface area (Å²) in [6.07, 6.45) is 6.17. The van der Waals surface area contributed by atoms with Crippen molar-refractivity contribution in [3.63, 3.8) is 0 Å². The first-order valence-corrected chi connectivity index (χ1v) is 8.50. The van der Waals surface area contributed by atoms with Crippen molar-refractivity contribution in [1.82, 2.24) is 5.32 Å². The van der Waals surface area contributed by atoms with Crippen LogP contribution in [0.4, 0.5) is 0 Å². The number of phenols is 1. The van der Waals surface area contributed by atoms with E-state index < -0.39 is 0 Å². The van der Waals surface area contributed by atoms with E-state index in [4.69, 9.17) is 0 Å². The number of hydrogen-bond donors (Lipinski definition) is 2. The zero-order valence-corrected chi connectivity index (χ0v) is 14.0. The van der Waals surface area contributed by atoms with Crippen molar-refractivity contribution < 1.29 is 5.11 Å². The van der Waals surface area contributed by atoms with Gasteiger partial charge in [-0.15, -0.1) is 0 Å². The van der Waals surface area contributed by atoms with Crippen molar-refractivity contribution in [2.45, 2.75) is 44.4 Å². The normalized spacial score (nSPS) is 21.4. The van der Waals surface area contributed by atoms with Crippen molar-refractivity contribution in [1.29, 1.82) is 0 Å². The van der Waals surface area contributed by atoms with E-state index in [1.54, 1.807) is 0 Å². The van der Waals surface area contributed by atoms with Crippen molar-refractivity contribution in [3.05, 3.63) is 26.8 Å². The van der Waals surface area contributed by atoms with E-state index in [9.17, 15) is 5.11 Å². The lowest BCUT2D eigenvalue weighted by molar-refractivity contribution is 0.463. The molecule has 0 bridgehead atoms. The molecule has 1 heterocycles. The Morgan fingerprint density at radius 3 is 2.65 bits per heavy atom. The lowest BCUT2D eigenvalue weighted by Crippen LogP contribution is -2.31. The zero-order chi connectivity index (χ0) is 14.2. The minimum atomic E-state index is 0.262. The lowest BCUT2D eigenvalue weighted by Gasteiger charge is -2.26. The Morgan fingerprint density at radius 2 is 2.00 bits per heavy atom. The van der Waals surface area contributed by atoms with Gasteiger partial charge in [-0.3, -0.25) is 4.99 Å². The summed E-state index contributed by atoms with van der Waals surface area (Å²) in [5, 5.41) is 13.7. The van der Waals surface area contributed by atoms with E-state index >= 15 is 0 Å². The highest BCUT2D eigenvalue weighted by Crippen LogP contribution is 2.42. The van der Waals surface area contributed by atoms with Crippen LogP contribution in [0.15, 0.2) is 17.1 Å². The van der Waals surface area contributed by atoms with Crippen LogP contribution in [0, 0.1) is 3.57 Å². The van der Waals surface area contributed by atoms with Crippen LogP contribution in [0.2, 0.25) is 0 Å². The molecule has 0 saturated heterocycles. The van der Waals surface area contributed by atoms with Gasteiger partial charge < -0.3 is 10.4 Å². The number of aliphatic imine (C=N–C) groups is 1. The Kier molecular flexibility index (Phi) is 3.93. The summed E-state index contributed by atoms with van der Waals surface area (Å²) >= 11 is 2.23. The van der Waals surface area contributed by atoms with Crippen LogP contribution >= 0.6 is 22.6 Å². The molecule has 0 amide bonds. The molecule has 3 nitrogen and oxygen atoms in total. The third-order valence-electron chi connectivity index (χ3n) is 4.62. The Morgan fingerprint density at radius 1 is 1.25 bits per heavy atom. The van der Waals surface area contributed by atoms with Gasteiger partial charge in [0.15, 0.2) is 0 Å². The largest absolute Gasteiger partial charge is 0.506 e. The molecule has 2 N–H and O–H groups in total. The summed E-state index contributed by atoms with van der Waals surface area (Å²) in [5.74, 6) is 1.22. The molecule has 0 spiro atoms. The van der Waals surface area contributed by atoms with Gasteiger partial charge in [0, 0.05) is 13.1 Å². The fraction of sp³-hybridized carbons (Fsp3) is 0.562. The third kappa shape index (κ3) is 2.54. The van der Waals surface area contributed by atoms with Gasteiger partial charge in [-0.25, -0.2) is 0 Å². The van der Waals surface area contributed by atoms with E-state index in [1.807, 2.05) is 0 Å². The van der Waals surface area contributed by atoms with E-state index in [0.29, 0.717) is 5.75 Å². The number of nitrogens with zero attached hydrogens (tertiary/aromatic N) is 1. The molecule has 0 atom stereocenters. The number of rotatable bonds is 2. The van der Waals surface area contributed by atoms with E-state index in [1.165, 1.54) is 31.2 Å². The molecule has 108 valence electrons. The van der Waals surface area contributed by atoms with Crippen LogP contribution < -0.4 is 5.32 Å². The maximum atomic E-state index is 10.4. The molecule has 1 aromatic carbocycles. The molecule has 0 aromatic heterocycles. The quantitative estimate of drug-likeness (QED) is 0.766. The topological polar surface area (TPSA) is 44.6 Å². The molecule has 1 aliphatic heterocycles. The first-order chi connectivity index (χ1) is 9.60. The highest BCUT2D eigenvalue weighted by Gasteiger charge is 2.32. The first-order valence-electron chi connectivity index (χ1n) is 7.42. The fourth-order valence-electron chi connectivity index (χ4n) is 3.29. The maximum absolute atomic E-state index is 10.4. The Hall–Kier alpha value is -0.780. The van der Waals surface area contributed by atoms with Crippen LogP contribution in [0.25, 0.3) is 0 Å². The molecular formula is C16H21IN2O. The average Bonchev–Trinajstić information content (AvgIpc) is 2.91. The number of amidine groups is 1. The van der Waals surface area contributed by atoms with Gasteiger partial charge in [0.25, 0.3) is 0 Å². The Labute approximate surface area is 134 Å². The van der Waals surface area contributed by atoms with Crippen LogP contribution in [-0.4, -0.2) is 24.0 Å². The highest BCUT2D eigenvalue weighted by molar-refractivity contribution is 14.1. The molecule has 20 heavy (non-hydrogen) atoms. The van der Waals surface area contributed by atoms with Crippen LogP contribution in [-0.2, 0) is 5.41 Å². The summed E-state index contributed by atoms with van der Waals surface area (Å²) in [6.45, 7) is 4.14. The summed E-state index contributed by atoms with van der Waals surface area (Å²) in [5.41, 5.74) is 2.49. The number of nitrogens with one attached hydrogen (secondary N) is 1. The second-order valence-electron chi connectivity index (χ2n) is 6.13. The van der Waals surface area contributed by atoms with Gasteiger partial charge in [0.05, 0.1) is 9.13 Å². The number of halogens is 1. The van der Waals surface area contributed by atoms with Crippen LogP contribution in [0.1, 0.15) is 50.2 Å². The van der Waals surface area contributed by atoms with Gasteiger partial charge >= 0.3 is 0 Å². The Bertz CT molecular complexity index is 548. The van der Waals surface area contributed by atoms with Crippen molar-refractivity contribution in [2.24, 2.45) is 4.99 Å². The van der Waals surface area contributed by atoms with Crippen molar-refractivity contribution >= 4 is 28.4 Å². The minimum Gasteiger partial charge on any atom is -0.506 e. The second kappa shape index (κ2) is 5.54. The van der Waals surface area contributed by atoms with Crippen molar-refractivity contribution in [3.8, 4) is 5.75 Å². The standard InChI is InChI=1S/C16H21IN2O/c1-16(5-2-3-6-16)11-9-12(14(20)13(17)10-11)15-18-7-4-8-19-15/h9-10,20H,2-8H2,1H3,(H,18,19). The van der Waals surface area contributed by atoms with Crippen molar-refractivity contribution in [2.75, 3.05) is 13.1 Å². The fourth-order valence-corrected chi connectivity index (χ4v) is 3.91. The predicted molar refractivity (Wildman–Crippen MR) is 90.7 cm³/mol. The molecule has 1 aliphatic carbocycles. The third-order valence-corrected chi connectivity index (χ3v) is 5.44. The number of benzene rings is 1. The van der Waals surface area contributed by atoms with Crippen LogP contribution in [0.5, 0.6) is 5.75 Å². The van der Waals surface area contributed by atoms with Gasteiger partial charge in [-0.1, -0.05) is 19.8 Å². The first kappa shape index (κ1) is 14.2. The molecule has 4 heteroatoms. The molecule has 2 aliphatic rings. The Balaban J connectivity index is 2.05. The molecule has 0 radical (unpaired) electrons. The number of hydrogen-bond acceptors (Lipinski definition) is 3. The summed E-state index contributed by atoms with van der Waals surface area (Å²) in [7, 11) is 0. The highest BCUT2D eigenvalue weighted by atomic mass is 127. The van der Waals surface area contributed by atoms with E-state index in [0.717, 1.165) is 34.5 Å². The second-order valence-corrected chi connectivity index (χ2v) is 7.29. The summed E-state index contributed by atoms with van der Waals surface area (Å²) in [6, 6.07) is 4.30. The average molecular weight is 384 g/mol. The zero-order valence-electron chi connectivity index (χ0n) is 11.9. The number of phenolic OH excluding ortho intramolecular Hbond substituents is 1. The van der Waals surface area contributed by atoms with Gasteiger partial charge in [0.2, 0.25) is 0 Å². The summed E-state index contributed by atoms with van der Waals surface area (Å²) in [4.78, 5) is 4.53. The molecule has 1 saturated carbocycles. The minimum absolute atomic E-state index is 0.262. The molecule has 1 fully saturated rings. The lowest BCUT2D eigenvalue weighted by atomic mass is 9.80. The van der Waals surface area contributed by atoms with Gasteiger partial charge in [0.1, 0.15) is 11.6 Å². The van der Waals surface area contributed by atoms with E-state index in [2.05, 4.69) is 52.0 Å². The van der Waals surface area contributed by atoms with Gasteiger partial charge in [-0.05, 0) is 65.0 Å². The molecule has 3 rings (SSSR count). The van der Waals surface area contributed by atoms with Crippen LogP contribution in [0.3, 0.4) is 0 Å². The molecular weight excluding hydrogens is 363 g/mol. The van der Waals surface area contributed by atoms with E-state index in [-0.39, 0.29) is 5.41 Å². The molecule has 0 unspecified atom stereocenters. The predicted octanol–water partition coefficient (Wildman–Crippen LogP) is 3.57. The molecule has 1 aromatic rings.